The zero-order chi connectivity index (χ0) is 20.6. The lowest BCUT2D eigenvalue weighted by Crippen LogP contribution is -2.17. The van der Waals surface area contributed by atoms with Crippen molar-refractivity contribution >= 4 is 29.1 Å². The van der Waals surface area contributed by atoms with Gasteiger partial charge in [-0.15, -0.1) is 0 Å². The lowest BCUT2D eigenvalue weighted by atomic mass is 10.0. The molecule has 3 rings (SSSR count). The molecule has 0 fully saturated rings. The molecule has 0 spiro atoms. The molecule has 1 aromatic heterocycles. The van der Waals surface area contributed by atoms with Crippen LogP contribution in [0.5, 0.6) is 0 Å². The van der Waals surface area contributed by atoms with E-state index in [2.05, 4.69) is 22.4 Å². The van der Waals surface area contributed by atoms with E-state index < -0.39 is 0 Å². The van der Waals surface area contributed by atoms with E-state index in [-0.39, 0.29) is 6.61 Å². The Hall–Kier alpha value is -2.86. The average molecular weight is 410 g/mol. The Morgan fingerprint density at radius 2 is 2.00 bits per heavy atom. The maximum Gasteiger partial charge on any atom is 0.158 e. The third kappa shape index (κ3) is 4.95. The van der Waals surface area contributed by atoms with Crippen molar-refractivity contribution in [3.8, 4) is 11.1 Å². The molecular formula is C23H24ClN3O2. The lowest BCUT2D eigenvalue weighted by Gasteiger charge is -2.13. The molecule has 0 radical (unpaired) electrons. The first kappa shape index (κ1) is 20.9. The number of aromatic nitrogens is 1. The Bertz CT molecular complexity index is 997. The van der Waals surface area contributed by atoms with Gasteiger partial charge in [0.05, 0.1) is 29.6 Å². The van der Waals surface area contributed by atoms with Gasteiger partial charge in [-0.2, -0.15) is 0 Å². The zero-order valence-corrected chi connectivity index (χ0v) is 17.0. The molecule has 0 aliphatic rings. The van der Waals surface area contributed by atoms with Crippen molar-refractivity contribution in [2.24, 2.45) is 0 Å². The number of halogens is 1. The highest BCUT2D eigenvalue weighted by molar-refractivity contribution is 6.36. The Morgan fingerprint density at radius 3 is 2.72 bits per heavy atom. The molecule has 0 atom stereocenters. The molecule has 1 heterocycles. The van der Waals surface area contributed by atoms with Gasteiger partial charge in [0.1, 0.15) is 5.69 Å². The third-order valence-corrected chi connectivity index (χ3v) is 4.77. The van der Waals surface area contributed by atoms with Gasteiger partial charge >= 0.3 is 0 Å². The van der Waals surface area contributed by atoms with E-state index in [1.807, 2.05) is 67.6 Å². The summed E-state index contributed by atoms with van der Waals surface area (Å²) < 4.78 is 5.50. The Labute approximate surface area is 175 Å². The summed E-state index contributed by atoms with van der Waals surface area (Å²) in [6, 6.07) is 15.8. The monoisotopic (exact) mass is 409 g/mol. The van der Waals surface area contributed by atoms with Gasteiger partial charge in [-0.1, -0.05) is 78.0 Å². The van der Waals surface area contributed by atoms with Crippen LogP contribution < -0.4 is 10.6 Å². The molecule has 0 saturated heterocycles. The van der Waals surface area contributed by atoms with Crippen LogP contribution in [0.25, 0.3) is 22.9 Å². The second-order valence-corrected chi connectivity index (χ2v) is 6.78. The summed E-state index contributed by atoms with van der Waals surface area (Å²) in [5, 5.41) is 20.1. The number of rotatable bonds is 9. The first-order valence-corrected chi connectivity index (χ1v) is 9.76. The SMILES string of the molecule is C=C(Nc1cccc(-c2ccccc2)c1Cl)c1noc(CNCCO)c1/C=C\C. The fourth-order valence-corrected chi connectivity index (χ4v) is 3.27. The van der Waals surface area contributed by atoms with E-state index in [9.17, 15) is 0 Å². The predicted octanol–water partition coefficient (Wildman–Crippen LogP) is 5.19. The summed E-state index contributed by atoms with van der Waals surface area (Å²) in [6.45, 7) is 7.06. The second kappa shape index (κ2) is 10.1. The van der Waals surface area contributed by atoms with Crippen LogP contribution in [0.3, 0.4) is 0 Å². The van der Waals surface area contributed by atoms with Crippen molar-refractivity contribution in [2.75, 3.05) is 18.5 Å². The van der Waals surface area contributed by atoms with Crippen LogP contribution >= 0.6 is 11.6 Å². The Kier molecular flexibility index (Phi) is 7.25. The van der Waals surface area contributed by atoms with Crippen LogP contribution in [-0.4, -0.2) is 23.4 Å². The molecular weight excluding hydrogens is 386 g/mol. The number of hydrogen-bond acceptors (Lipinski definition) is 5. The minimum absolute atomic E-state index is 0.0600. The fourth-order valence-electron chi connectivity index (χ4n) is 2.99. The molecule has 0 aliphatic heterocycles. The lowest BCUT2D eigenvalue weighted by molar-refractivity contribution is 0.287. The first-order chi connectivity index (χ1) is 14.2. The van der Waals surface area contributed by atoms with Gasteiger partial charge in [0.15, 0.2) is 5.76 Å². The molecule has 3 aromatic rings. The normalized spacial score (nSPS) is 11.1. The topological polar surface area (TPSA) is 70.3 Å². The van der Waals surface area contributed by atoms with Crippen molar-refractivity contribution in [3.63, 3.8) is 0 Å². The number of allylic oxidation sites excluding steroid dienone is 1. The minimum Gasteiger partial charge on any atom is -0.395 e. The summed E-state index contributed by atoms with van der Waals surface area (Å²) in [7, 11) is 0. The zero-order valence-electron chi connectivity index (χ0n) is 16.3. The second-order valence-electron chi connectivity index (χ2n) is 6.41. The van der Waals surface area contributed by atoms with Crippen LogP contribution in [0.4, 0.5) is 5.69 Å². The summed E-state index contributed by atoms with van der Waals surface area (Å²) in [5.41, 5.74) is 4.76. The molecule has 0 aliphatic carbocycles. The molecule has 0 unspecified atom stereocenters. The maximum absolute atomic E-state index is 8.95. The Balaban J connectivity index is 1.86. The standard InChI is InChI=1S/C23H24ClN3O2/c1-3-8-19-21(15-25-13-14-28)29-27-23(19)16(2)26-20-12-7-11-18(22(20)24)17-9-5-4-6-10-17/h3-12,25-26,28H,2,13-15H2,1H3/b8-3-. The highest BCUT2D eigenvalue weighted by Crippen LogP contribution is 2.35. The smallest absolute Gasteiger partial charge is 0.158 e. The van der Waals surface area contributed by atoms with Crippen LogP contribution in [0, 0.1) is 0 Å². The number of hydrogen-bond donors (Lipinski definition) is 3. The number of aliphatic hydroxyl groups excluding tert-OH is 1. The van der Waals surface area contributed by atoms with Crippen LogP contribution in [0.2, 0.25) is 5.02 Å². The maximum atomic E-state index is 8.95. The molecule has 3 N–H and O–H groups in total. The molecule has 5 nitrogen and oxygen atoms in total. The largest absolute Gasteiger partial charge is 0.395 e. The van der Waals surface area contributed by atoms with Gasteiger partial charge in [-0.3, -0.25) is 0 Å². The van der Waals surface area contributed by atoms with Crippen LogP contribution in [0.1, 0.15) is 23.9 Å². The average Bonchev–Trinajstić information content (AvgIpc) is 3.13. The molecule has 150 valence electrons. The summed E-state index contributed by atoms with van der Waals surface area (Å²) in [5.74, 6) is 0.679. The van der Waals surface area contributed by atoms with Crippen LogP contribution in [0.15, 0.2) is 65.7 Å². The van der Waals surface area contributed by atoms with E-state index in [0.717, 1.165) is 22.4 Å². The minimum atomic E-state index is 0.0600. The van der Waals surface area contributed by atoms with Crippen molar-refractivity contribution in [3.05, 3.63) is 83.2 Å². The van der Waals surface area contributed by atoms with Crippen molar-refractivity contribution in [2.45, 2.75) is 13.5 Å². The molecule has 29 heavy (non-hydrogen) atoms. The summed E-state index contributed by atoms with van der Waals surface area (Å²) in [6.07, 6.45) is 3.85. The molecule has 2 aromatic carbocycles. The van der Waals surface area contributed by atoms with Gasteiger partial charge in [0, 0.05) is 17.7 Å². The predicted molar refractivity (Wildman–Crippen MR) is 120 cm³/mol. The number of aliphatic hydroxyl groups is 1. The molecule has 0 saturated carbocycles. The van der Waals surface area contributed by atoms with Crippen molar-refractivity contribution in [1.82, 2.24) is 10.5 Å². The van der Waals surface area contributed by atoms with E-state index in [1.54, 1.807) is 0 Å². The van der Waals surface area contributed by atoms with E-state index in [4.69, 9.17) is 21.2 Å². The number of nitrogens with one attached hydrogen (secondary N) is 2. The van der Waals surface area contributed by atoms with Crippen molar-refractivity contribution in [1.29, 1.82) is 0 Å². The van der Waals surface area contributed by atoms with Gasteiger partial charge < -0.3 is 20.3 Å². The van der Waals surface area contributed by atoms with Crippen LogP contribution in [-0.2, 0) is 6.54 Å². The van der Waals surface area contributed by atoms with Gasteiger partial charge in [-0.05, 0) is 18.6 Å². The van der Waals surface area contributed by atoms with E-state index >= 15 is 0 Å². The van der Waals surface area contributed by atoms with E-state index in [0.29, 0.717) is 35.3 Å². The third-order valence-electron chi connectivity index (χ3n) is 4.37. The summed E-state index contributed by atoms with van der Waals surface area (Å²) >= 11 is 6.67. The highest BCUT2D eigenvalue weighted by atomic mass is 35.5. The van der Waals surface area contributed by atoms with Crippen molar-refractivity contribution < 1.29 is 9.63 Å². The van der Waals surface area contributed by atoms with E-state index in [1.165, 1.54) is 0 Å². The molecule has 0 amide bonds. The fraction of sp³-hybridized carbons (Fsp3) is 0.174. The van der Waals surface area contributed by atoms with Gasteiger partial charge in [-0.25, -0.2) is 0 Å². The van der Waals surface area contributed by atoms with Gasteiger partial charge in [0.2, 0.25) is 0 Å². The number of nitrogens with zero attached hydrogens (tertiary/aromatic N) is 1. The Morgan fingerprint density at radius 1 is 1.21 bits per heavy atom. The summed E-state index contributed by atoms with van der Waals surface area (Å²) in [4.78, 5) is 0. The number of anilines is 1. The molecule has 6 heteroatoms. The first-order valence-electron chi connectivity index (χ1n) is 9.38. The van der Waals surface area contributed by atoms with Gasteiger partial charge in [0.25, 0.3) is 0 Å². The number of benzene rings is 2. The quantitative estimate of drug-likeness (QED) is 0.424. The highest BCUT2D eigenvalue weighted by Gasteiger charge is 2.17. The molecule has 0 bridgehead atoms.